The number of nitrogens with one attached hydrogen (secondary N) is 2. The fourth-order valence-corrected chi connectivity index (χ4v) is 2.98. The maximum atomic E-state index is 13.9. The van der Waals surface area contributed by atoms with E-state index in [4.69, 9.17) is 21.2 Å². The summed E-state index contributed by atoms with van der Waals surface area (Å²) in [5.74, 6) is -1.15. The third-order valence-electron chi connectivity index (χ3n) is 3.46. The Morgan fingerprint density at radius 1 is 1.23 bits per heavy atom. The van der Waals surface area contributed by atoms with Crippen LogP contribution in [0.4, 0.5) is 15.8 Å². The predicted molar refractivity (Wildman–Crippen MR) is 108 cm³/mol. The number of aryl methyl sites for hydroxylation is 1. The molecule has 0 aliphatic rings. The van der Waals surface area contributed by atoms with E-state index >= 15 is 0 Å². The SMILES string of the molecule is CCOCCONC(=O)c1cc(Cl)c(F)cc1Nc1ccc(I)cc1C. The Kier molecular flexibility index (Phi) is 8.08. The number of benzene rings is 2. The molecule has 0 unspecified atom stereocenters. The number of anilines is 2. The molecule has 0 saturated heterocycles. The van der Waals surface area contributed by atoms with Crippen molar-refractivity contribution in [3.05, 3.63) is 55.9 Å². The van der Waals surface area contributed by atoms with Gasteiger partial charge in [0.15, 0.2) is 0 Å². The fraction of sp³-hybridized carbons (Fsp3) is 0.278. The second-order valence-electron chi connectivity index (χ2n) is 5.37. The molecule has 0 aliphatic carbocycles. The number of halogens is 3. The standard InChI is InChI=1S/C18H19ClFIN2O3/c1-3-25-6-7-26-23-18(24)13-9-14(19)15(20)10-17(13)22-16-5-4-12(21)8-11(16)2/h4-5,8-10,22H,3,6-7H2,1-2H3,(H,23,24). The van der Waals surface area contributed by atoms with Gasteiger partial charge in [-0.25, -0.2) is 9.87 Å². The Hall–Kier alpha value is -1.42. The summed E-state index contributed by atoms with van der Waals surface area (Å²) in [7, 11) is 0. The van der Waals surface area contributed by atoms with Gasteiger partial charge in [0.25, 0.3) is 5.91 Å². The highest BCUT2D eigenvalue weighted by Gasteiger charge is 2.16. The number of carbonyl (C=O) groups is 1. The van der Waals surface area contributed by atoms with E-state index in [0.29, 0.717) is 18.9 Å². The molecule has 0 aromatic heterocycles. The summed E-state index contributed by atoms with van der Waals surface area (Å²) < 4.78 is 20.1. The van der Waals surface area contributed by atoms with Crippen LogP contribution in [-0.4, -0.2) is 25.7 Å². The zero-order valence-electron chi connectivity index (χ0n) is 14.4. The van der Waals surface area contributed by atoms with Crippen molar-refractivity contribution in [2.24, 2.45) is 0 Å². The zero-order chi connectivity index (χ0) is 19.1. The van der Waals surface area contributed by atoms with Crippen molar-refractivity contribution < 1.29 is 18.8 Å². The number of amides is 1. The minimum Gasteiger partial charge on any atom is -0.379 e. The van der Waals surface area contributed by atoms with Crippen LogP contribution in [0.3, 0.4) is 0 Å². The van der Waals surface area contributed by atoms with Crippen LogP contribution >= 0.6 is 34.2 Å². The first-order valence-electron chi connectivity index (χ1n) is 7.94. The lowest BCUT2D eigenvalue weighted by Gasteiger charge is -2.15. The molecule has 0 aliphatic heterocycles. The lowest BCUT2D eigenvalue weighted by molar-refractivity contribution is 0.00170. The average Bonchev–Trinajstić information content (AvgIpc) is 2.60. The summed E-state index contributed by atoms with van der Waals surface area (Å²) in [5, 5.41) is 2.94. The second-order valence-corrected chi connectivity index (χ2v) is 7.03. The lowest BCUT2D eigenvalue weighted by Crippen LogP contribution is -2.26. The van der Waals surface area contributed by atoms with Crippen molar-refractivity contribution in [2.45, 2.75) is 13.8 Å². The molecule has 140 valence electrons. The summed E-state index contributed by atoms with van der Waals surface area (Å²) >= 11 is 8.05. The summed E-state index contributed by atoms with van der Waals surface area (Å²) in [5.41, 5.74) is 4.51. The molecular formula is C18H19ClFIN2O3. The van der Waals surface area contributed by atoms with Crippen molar-refractivity contribution in [1.29, 1.82) is 0 Å². The molecule has 8 heteroatoms. The average molecular weight is 493 g/mol. The van der Waals surface area contributed by atoms with E-state index in [0.717, 1.165) is 14.8 Å². The van der Waals surface area contributed by atoms with Crippen LogP contribution in [-0.2, 0) is 9.57 Å². The number of ether oxygens (including phenoxy) is 1. The summed E-state index contributed by atoms with van der Waals surface area (Å²) in [6.07, 6.45) is 0. The number of hydroxylamine groups is 1. The molecule has 0 atom stereocenters. The number of rotatable bonds is 8. The molecule has 2 aromatic carbocycles. The fourth-order valence-electron chi connectivity index (χ4n) is 2.17. The normalized spacial score (nSPS) is 10.7. The van der Waals surface area contributed by atoms with Gasteiger partial charge in [-0.05, 0) is 72.3 Å². The monoisotopic (exact) mass is 492 g/mol. The van der Waals surface area contributed by atoms with Gasteiger partial charge in [0.05, 0.1) is 29.5 Å². The second kappa shape index (κ2) is 10.1. The van der Waals surface area contributed by atoms with Crippen LogP contribution in [0.2, 0.25) is 5.02 Å². The molecular weight excluding hydrogens is 474 g/mol. The van der Waals surface area contributed by atoms with Crippen molar-refractivity contribution in [2.75, 3.05) is 25.1 Å². The van der Waals surface area contributed by atoms with Crippen LogP contribution in [0.25, 0.3) is 0 Å². The third-order valence-corrected chi connectivity index (χ3v) is 4.42. The van der Waals surface area contributed by atoms with Crippen molar-refractivity contribution in [1.82, 2.24) is 5.48 Å². The Morgan fingerprint density at radius 3 is 2.69 bits per heavy atom. The first kappa shape index (κ1) is 20.9. The maximum Gasteiger partial charge on any atom is 0.277 e. The summed E-state index contributed by atoms with van der Waals surface area (Å²) in [4.78, 5) is 17.5. The Bertz CT molecular complexity index is 789. The largest absolute Gasteiger partial charge is 0.379 e. The van der Waals surface area contributed by atoms with Crippen LogP contribution in [0.15, 0.2) is 30.3 Å². The highest BCUT2D eigenvalue weighted by Crippen LogP contribution is 2.29. The molecule has 1 amide bonds. The van der Waals surface area contributed by atoms with E-state index in [1.165, 1.54) is 12.1 Å². The minimum atomic E-state index is -0.619. The van der Waals surface area contributed by atoms with Crippen LogP contribution in [0, 0.1) is 16.3 Å². The van der Waals surface area contributed by atoms with E-state index in [-0.39, 0.29) is 17.2 Å². The number of carbonyl (C=O) groups excluding carboxylic acids is 1. The molecule has 0 saturated carbocycles. The van der Waals surface area contributed by atoms with E-state index in [9.17, 15) is 9.18 Å². The van der Waals surface area contributed by atoms with Crippen LogP contribution < -0.4 is 10.8 Å². The van der Waals surface area contributed by atoms with Gasteiger partial charge in [0.1, 0.15) is 5.82 Å². The number of hydrogen-bond donors (Lipinski definition) is 2. The van der Waals surface area contributed by atoms with E-state index in [1.807, 2.05) is 32.0 Å². The molecule has 2 aromatic rings. The quantitative estimate of drug-likeness (QED) is 0.315. The first-order valence-corrected chi connectivity index (χ1v) is 9.40. The Morgan fingerprint density at radius 2 is 2.00 bits per heavy atom. The van der Waals surface area contributed by atoms with Gasteiger partial charge in [0, 0.05) is 15.9 Å². The first-order chi connectivity index (χ1) is 12.4. The number of hydrogen-bond acceptors (Lipinski definition) is 4. The zero-order valence-corrected chi connectivity index (χ0v) is 17.3. The molecule has 2 rings (SSSR count). The Balaban J connectivity index is 2.20. The lowest BCUT2D eigenvalue weighted by atomic mass is 10.1. The van der Waals surface area contributed by atoms with E-state index < -0.39 is 11.7 Å². The molecule has 0 radical (unpaired) electrons. The highest BCUT2D eigenvalue weighted by atomic mass is 127. The van der Waals surface area contributed by atoms with Gasteiger partial charge in [-0.15, -0.1) is 0 Å². The topological polar surface area (TPSA) is 59.6 Å². The maximum absolute atomic E-state index is 13.9. The smallest absolute Gasteiger partial charge is 0.277 e. The van der Waals surface area contributed by atoms with Crippen molar-refractivity contribution in [3.63, 3.8) is 0 Å². The van der Waals surface area contributed by atoms with Crippen LogP contribution in [0.1, 0.15) is 22.8 Å². The summed E-state index contributed by atoms with van der Waals surface area (Å²) in [6.45, 7) is 4.91. The Labute approximate surface area is 170 Å². The summed E-state index contributed by atoms with van der Waals surface area (Å²) in [6, 6.07) is 8.21. The molecule has 0 bridgehead atoms. The predicted octanol–water partition coefficient (Wildman–Crippen LogP) is 4.83. The van der Waals surface area contributed by atoms with Crippen molar-refractivity contribution in [3.8, 4) is 0 Å². The van der Waals surface area contributed by atoms with Gasteiger partial charge < -0.3 is 10.1 Å². The molecule has 0 heterocycles. The molecule has 2 N–H and O–H groups in total. The van der Waals surface area contributed by atoms with Gasteiger partial charge in [-0.1, -0.05) is 11.6 Å². The van der Waals surface area contributed by atoms with Gasteiger partial charge >= 0.3 is 0 Å². The molecule has 0 spiro atoms. The van der Waals surface area contributed by atoms with E-state index in [2.05, 4.69) is 33.4 Å². The third kappa shape index (κ3) is 5.80. The minimum absolute atomic E-state index is 0.144. The highest BCUT2D eigenvalue weighted by molar-refractivity contribution is 14.1. The van der Waals surface area contributed by atoms with Gasteiger partial charge in [-0.3, -0.25) is 9.63 Å². The van der Waals surface area contributed by atoms with Crippen molar-refractivity contribution >= 4 is 51.5 Å². The molecule has 26 heavy (non-hydrogen) atoms. The van der Waals surface area contributed by atoms with Crippen LogP contribution in [0.5, 0.6) is 0 Å². The van der Waals surface area contributed by atoms with Gasteiger partial charge in [-0.2, -0.15) is 0 Å². The van der Waals surface area contributed by atoms with E-state index in [1.54, 1.807) is 0 Å². The van der Waals surface area contributed by atoms with Gasteiger partial charge in [0.2, 0.25) is 0 Å². The molecule has 5 nitrogen and oxygen atoms in total. The molecule has 0 fully saturated rings.